The number of benzene rings is 2. The topological polar surface area (TPSA) is 117 Å². The summed E-state index contributed by atoms with van der Waals surface area (Å²) >= 11 is 6.31. The van der Waals surface area contributed by atoms with Crippen molar-refractivity contribution in [3.05, 3.63) is 82.6 Å². The lowest BCUT2D eigenvalue weighted by Gasteiger charge is -2.13. The molecule has 2 aromatic carbocycles. The number of nitrogens with one attached hydrogen (secondary N) is 1. The smallest absolute Gasteiger partial charge is 0.231 e. The molecule has 0 bridgehead atoms. The van der Waals surface area contributed by atoms with Crippen LogP contribution in [0.15, 0.2) is 55.0 Å². The molecule has 13 heteroatoms. The summed E-state index contributed by atoms with van der Waals surface area (Å²) in [5.41, 5.74) is 4.70. The van der Waals surface area contributed by atoms with Gasteiger partial charge >= 0.3 is 0 Å². The maximum Gasteiger partial charge on any atom is 0.231 e. The molecule has 0 saturated carbocycles. The van der Waals surface area contributed by atoms with E-state index in [1.54, 1.807) is 46.6 Å². The Bertz CT molecular complexity index is 1710. The maximum absolute atomic E-state index is 13.4. The summed E-state index contributed by atoms with van der Waals surface area (Å²) in [5, 5.41) is 14.6. The van der Waals surface area contributed by atoms with E-state index < -0.39 is 11.3 Å². The van der Waals surface area contributed by atoms with Gasteiger partial charge in [0.25, 0.3) is 0 Å². The minimum absolute atomic E-state index is 0.204. The SMILES string of the molecule is NS(=O)OCCn1cc2c(n1)CCc1c-2sc2ncnc(Nc3ccc(OCc4cccc(F)c4)c(Cl)c3)c12. The molecule has 1 aliphatic rings. The molecular weight excluding hydrogens is 563 g/mol. The molecule has 0 spiro atoms. The van der Waals surface area contributed by atoms with E-state index in [0.717, 1.165) is 44.9 Å². The Morgan fingerprint density at radius 3 is 2.92 bits per heavy atom. The molecule has 39 heavy (non-hydrogen) atoms. The van der Waals surface area contributed by atoms with Crippen molar-refractivity contribution in [1.82, 2.24) is 19.7 Å². The number of fused-ring (bicyclic) bond motifs is 5. The van der Waals surface area contributed by atoms with Crippen LogP contribution in [0.25, 0.3) is 20.7 Å². The van der Waals surface area contributed by atoms with Crippen LogP contribution in [0.2, 0.25) is 5.02 Å². The van der Waals surface area contributed by atoms with E-state index in [1.165, 1.54) is 17.7 Å². The first-order chi connectivity index (χ1) is 18.9. The number of nitrogens with two attached hydrogens (primary N) is 1. The van der Waals surface area contributed by atoms with Gasteiger partial charge < -0.3 is 10.1 Å². The van der Waals surface area contributed by atoms with Gasteiger partial charge in [-0.2, -0.15) is 5.10 Å². The van der Waals surface area contributed by atoms with E-state index in [1.807, 2.05) is 12.3 Å². The molecular formula is C26H22ClFN6O3S2. The van der Waals surface area contributed by atoms with Crippen LogP contribution in [0.1, 0.15) is 16.8 Å². The Balaban J connectivity index is 1.23. The van der Waals surface area contributed by atoms with Gasteiger partial charge in [0.05, 0.1) is 29.3 Å². The Hall–Kier alpha value is -3.42. The second-order valence-corrected chi connectivity index (χ2v) is 11.0. The van der Waals surface area contributed by atoms with Crippen molar-refractivity contribution in [3.8, 4) is 16.2 Å². The highest BCUT2D eigenvalue weighted by atomic mass is 35.5. The van der Waals surface area contributed by atoms with Crippen LogP contribution in [-0.4, -0.2) is 30.6 Å². The maximum atomic E-state index is 13.4. The summed E-state index contributed by atoms with van der Waals surface area (Å²) in [6, 6.07) is 11.7. The van der Waals surface area contributed by atoms with Gasteiger partial charge in [0.1, 0.15) is 35.1 Å². The summed E-state index contributed by atoms with van der Waals surface area (Å²) in [6.45, 7) is 0.862. The van der Waals surface area contributed by atoms with Crippen molar-refractivity contribution in [3.63, 3.8) is 0 Å². The molecule has 0 fully saturated rings. The molecule has 1 atom stereocenters. The zero-order valence-electron chi connectivity index (χ0n) is 20.4. The average molecular weight is 585 g/mol. The lowest BCUT2D eigenvalue weighted by molar-refractivity contribution is 0.306. The summed E-state index contributed by atoms with van der Waals surface area (Å²) in [5.74, 6) is 0.881. The van der Waals surface area contributed by atoms with E-state index in [4.69, 9.17) is 25.7 Å². The molecule has 0 amide bonds. The highest BCUT2D eigenvalue weighted by molar-refractivity contribution is 7.77. The minimum atomic E-state index is -1.80. The molecule has 3 N–H and O–H groups in total. The fourth-order valence-electron chi connectivity index (χ4n) is 4.57. The zero-order chi connectivity index (χ0) is 26.9. The van der Waals surface area contributed by atoms with Gasteiger partial charge in [-0.3, -0.25) is 8.86 Å². The molecule has 5 aromatic rings. The summed E-state index contributed by atoms with van der Waals surface area (Å²) in [6.07, 6.45) is 5.11. The standard InChI is InChI=1S/C26H22ClFN6O3S2/c27-20-11-17(4-7-22(20)36-13-15-2-1-3-16(28)10-15)32-25-23-18-5-6-21-19(24(18)38-26(23)31-14-30-25)12-34(33-21)8-9-37-39(29)35/h1-4,7,10-12,14H,5-6,8-9,13,29H2,(H,30,31,32). The molecule has 9 nitrogen and oxygen atoms in total. The number of ether oxygens (including phenoxy) is 1. The first kappa shape index (κ1) is 25.8. The first-order valence-corrected chi connectivity index (χ1v) is 14.3. The minimum Gasteiger partial charge on any atom is -0.487 e. The predicted molar refractivity (Wildman–Crippen MR) is 150 cm³/mol. The molecule has 3 heterocycles. The Labute approximate surface area is 234 Å². The van der Waals surface area contributed by atoms with E-state index >= 15 is 0 Å². The number of halogens is 2. The van der Waals surface area contributed by atoms with Crippen molar-refractivity contribution < 1.29 is 17.5 Å². The molecule has 1 aliphatic carbocycles. The Morgan fingerprint density at radius 1 is 1.21 bits per heavy atom. The number of aromatic nitrogens is 4. The van der Waals surface area contributed by atoms with E-state index in [-0.39, 0.29) is 19.0 Å². The lowest BCUT2D eigenvalue weighted by atomic mass is 9.95. The molecule has 200 valence electrons. The van der Waals surface area contributed by atoms with Gasteiger partial charge in [-0.1, -0.05) is 23.7 Å². The molecule has 6 rings (SSSR count). The third-order valence-electron chi connectivity index (χ3n) is 6.28. The van der Waals surface area contributed by atoms with Gasteiger partial charge in [0.2, 0.25) is 11.3 Å². The van der Waals surface area contributed by atoms with Gasteiger partial charge in [-0.25, -0.2) is 23.7 Å². The third-order valence-corrected chi connectivity index (χ3v) is 8.15. The quantitative estimate of drug-likeness (QED) is 0.241. The highest BCUT2D eigenvalue weighted by Gasteiger charge is 2.26. The Kier molecular flexibility index (Phi) is 7.28. The molecule has 1 unspecified atom stereocenters. The van der Waals surface area contributed by atoms with Crippen LogP contribution in [-0.2, 0) is 41.4 Å². The number of hydrogen-bond donors (Lipinski definition) is 2. The first-order valence-electron chi connectivity index (χ1n) is 12.0. The van der Waals surface area contributed by atoms with Gasteiger partial charge in [0.15, 0.2) is 0 Å². The van der Waals surface area contributed by atoms with E-state index in [9.17, 15) is 8.60 Å². The van der Waals surface area contributed by atoms with Crippen molar-refractivity contribution >= 4 is 55.9 Å². The second-order valence-electron chi connectivity index (χ2n) is 8.84. The summed E-state index contributed by atoms with van der Waals surface area (Å²) in [7, 11) is 0. The second kappa shape index (κ2) is 11.0. The van der Waals surface area contributed by atoms with Crippen LogP contribution >= 0.6 is 22.9 Å². The fraction of sp³-hybridized carbons (Fsp3) is 0.192. The number of anilines is 2. The van der Waals surface area contributed by atoms with Crippen LogP contribution in [0, 0.1) is 5.82 Å². The summed E-state index contributed by atoms with van der Waals surface area (Å²) in [4.78, 5) is 11.1. The van der Waals surface area contributed by atoms with Crippen molar-refractivity contribution in [2.45, 2.75) is 26.0 Å². The molecule has 0 radical (unpaired) electrons. The zero-order valence-corrected chi connectivity index (χ0v) is 22.8. The number of aryl methyl sites for hydroxylation is 2. The van der Waals surface area contributed by atoms with Crippen LogP contribution in [0.5, 0.6) is 5.75 Å². The fourth-order valence-corrected chi connectivity index (χ4v) is 6.27. The molecule has 0 saturated heterocycles. The Morgan fingerprint density at radius 2 is 2.10 bits per heavy atom. The van der Waals surface area contributed by atoms with Gasteiger partial charge in [-0.15, -0.1) is 11.3 Å². The normalized spacial score (nSPS) is 13.2. The van der Waals surface area contributed by atoms with E-state index in [0.29, 0.717) is 28.7 Å². The van der Waals surface area contributed by atoms with Crippen molar-refractivity contribution in [2.75, 3.05) is 11.9 Å². The van der Waals surface area contributed by atoms with Gasteiger partial charge in [0, 0.05) is 22.3 Å². The average Bonchev–Trinajstić information content (AvgIpc) is 3.50. The molecule has 3 aromatic heterocycles. The van der Waals surface area contributed by atoms with Crippen LogP contribution in [0.3, 0.4) is 0 Å². The van der Waals surface area contributed by atoms with Crippen molar-refractivity contribution in [2.24, 2.45) is 5.14 Å². The summed E-state index contributed by atoms with van der Waals surface area (Å²) < 4.78 is 37.0. The number of hydrogen-bond acceptors (Lipinski definition) is 8. The van der Waals surface area contributed by atoms with Crippen LogP contribution < -0.4 is 15.2 Å². The lowest BCUT2D eigenvalue weighted by Crippen LogP contribution is -2.12. The van der Waals surface area contributed by atoms with Gasteiger partial charge in [-0.05, 0) is 54.3 Å². The number of rotatable bonds is 9. The largest absolute Gasteiger partial charge is 0.487 e. The highest BCUT2D eigenvalue weighted by Crippen LogP contribution is 2.45. The van der Waals surface area contributed by atoms with E-state index in [2.05, 4.69) is 20.4 Å². The predicted octanol–water partition coefficient (Wildman–Crippen LogP) is 5.32. The third kappa shape index (κ3) is 5.52. The van der Waals surface area contributed by atoms with Crippen molar-refractivity contribution in [1.29, 1.82) is 0 Å². The monoisotopic (exact) mass is 584 g/mol. The number of nitrogens with zero attached hydrogens (tertiary/aromatic N) is 4. The number of thiophene rings is 1. The molecule has 0 aliphatic heterocycles. The van der Waals surface area contributed by atoms with Crippen LogP contribution in [0.4, 0.5) is 15.9 Å².